The molecule has 0 aliphatic heterocycles. The Labute approximate surface area is 83.2 Å². The topological polar surface area (TPSA) is 51.5 Å². The minimum Gasteiger partial charge on any atom is -0.468 e. The van der Waals surface area contributed by atoms with Crippen LogP contribution in [0, 0.1) is 0 Å². The molecule has 4 heteroatoms. The Morgan fingerprint density at radius 1 is 1.71 bits per heavy atom. The number of rotatable bonds is 5. The van der Waals surface area contributed by atoms with E-state index in [0.717, 1.165) is 5.76 Å². The summed E-state index contributed by atoms with van der Waals surface area (Å²) in [4.78, 5) is 11.2. The maximum absolute atomic E-state index is 11.2. The van der Waals surface area contributed by atoms with Gasteiger partial charge in [-0.25, -0.2) is 0 Å². The molecule has 78 valence electrons. The molecule has 1 aromatic heterocycles. The van der Waals surface area contributed by atoms with Crippen molar-refractivity contribution in [2.75, 3.05) is 7.11 Å². The SMILES string of the molecule is CC[C@H](NCc1ccco1)C(=O)OC. The number of hydrogen-bond acceptors (Lipinski definition) is 4. The van der Waals surface area contributed by atoms with E-state index < -0.39 is 0 Å². The molecule has 0 aromatic carbocycles. The normalized spacial score (nSPS) is 12.4. The maximum atomic E-state index is 11.2. The van der Waals surface area contributed by atoms with E-state index in [0.29, 0.717) is 13.0 Å². The van der Waals surface area contributed by atoms with Gasteiger partial charge in [-0.15, -0.1) is 0 Å². The van der Waals surface area contributed by atoms with E-state index in [9.17, 15) is 4.79 Å². The molecule has 1 heterocycles. The molecule has 1 rings (SSSR count). The lowest BCUT2D eigenvalue weighted by Crippen LogP contribution is -2.36. The molecule has 0 saturated heterocycles. The number of nitrogens with one attached hydrogen (secondary N) is 1. The van der Waals surface area contributed by atoms with Crippen LogP contribution in [0.15, 0.2) is 22.8 Å². The van der Waals surface area contributed by atoms with Crippen molar-refractivity contribution in [2.24, 2.45) is 0 Å². The van der Waals surface area contributed by atoms with E-state index in [4.69, 9.17) is 4.42 Å². The minimum absolute atomic E-state index is 0.237. The fourth-order valence-electron chi connectivity index (χ4n) is 1.17. The lowest BCUT2D eigenvalue weighted by molar-refractivity contribution is -0.143. The van der Waals surface area contributed by atoms with Crippen molar-refractivity contribution in [1.29, 1.82) is 0 Å². The second kappa shape index (κ2) is 5.44. The lowest BCUT2D eigenvalue weighted by Gasteiger charge is -2.12. The minimum atomic E-state index is -0.259. The predicted octanol–water partition coefficient (Wildman–Crippen LogP) is 1.32. The molecule has 0 bridgehead atoms. The summed E-state index contributed by atoms with van der Waals surface area (Å²) in [5.41, 5.74) is 0. The highest BCUT2D eigenvalue weighted by Crippen LogP contribution is 2.01. The predicted molar refractivity (Wildman–Crippen MR) is 51.6 cm³/mol. The molecule has 1 aromatic rings. The number of carbonyl (C=O) groups excluding carboxylic acids is 1. The monoisotopic (exact) mass is 197 g/mol. The first-order valence-electron chi connectivity index (χ1n) is 4.61. The van der Waals surface area contributed by atoms with Gasteiger partial charge in [0.2, 0.25) is 0 Å². The largest absolute Gasteiger partial charge is 0.468 e. The number of ether oxygens (including phenoxy) is 1. The molecule has 0 fully saturated rings. The summed E-state index contributed by atoms with van der Waals surface area (Å²) < 4.78 is 9.77. The summed E-state index contributed by atoms with van der Waals surface area (Å²) >= 11 is 0. The van der Waals surface area contributed by atoms with Crippen molar-refractivity contribution in [3.8, 4) is 0 Å². The van der Waals surface area contributed by atoms with Gasteiger partial charge in [-0.05, 0) is 18.6 Å². The first kappa shape index (κ1) is 10.8. The fourth-order valence-corrected chi connectivity index (χ4v) is 1.17. The van der Waals surface area contributed by atoms with Crippen LogP contribution in [0.4, 0.5) is 0 Å². The molecule has 4 nitrogen and oxygen atoms in total. The van der Waals surface area contributed by atoms with Crippen molar-refractivity contribution in [2.45, 2.75) is 25.9 Å². The van der Waals surface area contributed by atoms with Gasteiger partial charge in [0.25, 0.3) is 0 Å². The molecule has 0 aliphatic carbocycles. The number of esters is 1. The van der Waals surface area contributed by atoms with E-state index in [2.05, 4.69) is 10.1 Å². The molecule has 1 atom stereocenters. The standard InChI is InChI=1S/C10H15NO3/c1-3-9(10(12)13-2)11-7-8-5-4-6-14-8/h4-6,9,11H,3,7H2,1-2H3/t9-/m0/s1. The Hall–Kier alpha value is -1.29. The van der Waals surface area contributed by atoms with Crippen LogP contribution in [0.25, 0.3) is 0 Å². The van der Waals surface area contributed by atoms with Crippen LogP contribution >= 0.6 is 0 Å². The van der Waals surface area contributed by atoms with E-state index in [1.807, 2.05) is 19.1 Å². The molecule has 0 unspecified atom stereocenters. The summed E-state index contributed by atoms with van der Waals surface area (Å²) in [6, 6.07) is 3.41. The Kier molecular flexibility index (Phi) is 4.19. The van der Waals surface area contributed by atoms with Crippen LogP contribution in [0.2, 0.25) is 0 Å². The van der Waals surface area contributed by atoms with Gasteiger partial charge in [-0.1, -0.05) is 6.92 Å². The summed E-state index contributed by atoms with van der Waals surface area (Å²) in [6.45, 7) is 2.47. The van der Waals surface area contributed by atoms with Crippen LogP contribution in [0.5, 0.6) is 0 Å². The van der Waals surface area contributed by atoms with Crippen molar-refractivity contribution < 1.29 is 13.9 Å². The molecule has 0 spiro atoms. The van der Waals surface area contributed by atoms with Crippen molar-refractivity contribution >= 4 is 5.97 Å². The Balaban J connectivity index is 2.38. The third kappa shape index (κ3) is 2.88. The highest BCUT2D eigenvalue weighted by Gasteiger charge is 2.15. The number of hydrogen-bond donors (Lipinski definition) is 1. The maximum Gasteiger partial charge on any atom is 0.322 e. The average Bonchev–Trinajstić information content (AvgIpc) is 2.71. The van der Waals surface area contributed by atoms with Crippen LogP contribution in [-0.4, -0.2) is 19.1 Å². The Morgan fingerprint density at radius 3 is 3.00 bits per heavy atom. The van der Waals surface area contributed by atoms with E-state index in [1.54, 1.807) is 6.26 Å². The van der Waals surface area contributed by atoms with Crippen LogP contribution in [0.1, 0.15) is 19.1 Å². The van der Waals surface area contributed by atoms with Gasteiger partial charge in [-0.3, -0.25) is 10.1 Å². The third-order valence-corrected chi connectivity index (χ3v) is 2.00. The summed E-state index contributed by atoms with van der Waals surface area (Å²) in [6.07, 6.45) is 2.31. The zero-order valence-corrected chi connectivity index (χ0v) is 8.45. The highest BCUT2D eigenvalue weighted by atomic mass is 16.5. The molecule has 1 N–H and O–H groups in total. The number of methoxy groups -OCH3 is 1. The summed E-state index contributed by atoms with van der Waals surface area (Å²) in [7, 11) is 1.39. The smallest absolute Gasteiger partial charge is 0.322 e. The highest BCUT2D eigenvalue weighted by molar-refractivity contribution is 5.75. The summed E-state index contributed by atoms with van der Waals surface area (Å²) in [5.74, 6) is 0.575. The number of furan rings is 1. The van der Waals surface area contributed by atoms with Crippen molar-refractivity contribution in [3.05, 3.63) is 24.2 Å². The molecular formula is C10H15NO3. The lowest BCUT2D eigenvalue weighted by atomic mass is 10.2. The number of carbonyl (C=O) groups is 1. The zero-order valence-electron chi connectivity index (χ0n) is 8.45. The molecule has 0 saturated carbocycles. The third-order valence-electron chi connectivity index (χ3n) is 2.00. The van der Waals surface area contributed by atoms with Crippen LogP contribution in [0.3, 0.4) is 0 Å². The molecule has 0 aliphatic rings. The van der Waals surface area contributed by atoms with E-state index in [1.165, 1.54) is 7.11 Å². The Bertz CT molecular complexity index is 269. The van der Waals surface area contributed by atoms with Crippen LogP contribution in [-0.2, 0) is 16.1 Å². The van der Waals surface area contributed by atoms with Crippen molar-refractivity contribution in [1.82, 2.24) is 5.32 Å². The Morgan fingerprint density at radius 2 is 2.50 bits per heavy atom. The van der Waals surface area contributed by atoms with E-state index >= 15 is 0 Å². The van der Waals surface area contributed by atoms with Gasteiger partial charge in [0.1, 0.15) is 11.8 Å². The molecule has 0 amide bonds. The van der Waals surface area contributed by atoms with Gasteiger partial charge >= 0.3 is 5.97 Å². The second-order valence-corrected chi connectivity index (χ2v) is 2.94. The second-order valence-electron chi connectivity index (χ2n) is 2.94. The van der Waals surface area contributed by atoms with Gasteiger partial charge < -0.3 is 9.15 Å². The average molecular weight is 197 g/mol. The first-order chi connectivity index (χ1) is 6.77. The first-order valence-corrected chi connectivity index (χ1v) is 4.61. The fraction of sp³-hybridized carbons (Fsp3) is 0.500. The van der Waals surface area contributed by atoms with Gasteiger partial charge in [0.05, 0.1) is 19.9 Å². The summed E-state index contributed by atoms with van der Waals surface area (Å²) in [5, 5.41) is 3.05. The molecule has 0 radical (unpaired) electrons. The van der Waals surface area contributed by atoms with Crippen molar-refractivity contribution in [3.63, 3.8) is 0 Å². The van der Waals surface area contributed by atoms with Crippen LogP contribution < -0.4 is 5.32 Å². The molecular weight excluding hydrogens is 182 g/mol. The molecule has 14 heavy (non-hydrogen) atoms. The van der Waals surface area contributed by atoms with Gasteiger partial charge in [0.15, 0.2) is 0 Å². The zero-order chi connectivity index (χ0) is 10.4. The van der Waals surface area contributed by atoms with E-state index in [-0.39, 0.29) is 12.0 Å². The van der Waals surface area contributed by atoms with Gasteiger partial charge in [0, 0.05) is 0 Å². The van der Waals surface area contributed by atoms with Gasteiger partial charge in [-0.2, -0.15) is 0 Å². The quantitative estimate of drug-likeness (QED) is 0.723.